The van der Waals surface area contributed by atoms with Crippen LogP contribution in [0.4, 0.5) is 19.1 Å². The Morgan fingerprint density at radius 3 is 2.41 bits per heavy atom. The molecular formula is C21H25F3N6O2. The lowest BCUT2D eigenvalue weighted by Gasteiger charge is -2.36. The molecule has 1 aliphatic carbocycles. The van der Waals surface area contributed by atoms with Gasteiger partial charge in [-0.05, 0) is 50.7 Å². The number of nitrogens with one attached hydrogen (secondary N) is 1. The van der Waals surface area contributed by atoms with Gasteiger partial charge in [0.25, 0.3) is 5.56 Å². The zero-order valence-electron chi connectivity index (χ0n) is 17.8. The van der Waals surface area contributed by atoms with Crippen molar-refractivity contribution in [2.45, 2.75) is 45.2 Å². The highest BCUT2D eigenvalue weighted by atomic mass is 19.4. The van der Waals surface area contributed by atoms with E-state index in [0.717, 1.165) is 24.5 Å². The number of anilines is 1. The number of H-pyrrole nitrogens is 1. The van der Waals surface area contributed by atoms with E-state index in [-0.39, 0.29) is 18.0 Å². The molecule has 0 bridgehead atoms. The summed E-state index contributed by atoms with van der Waals surface area (Å²) in [6, 6.07) is 0.798. The van der Waals surface area contributed by atoms with Gasteiger partial charge in [0.05, 0.1) is 5.69 Å². The highest BCUT2D eigenvalue weighted by molar-refractivity contribution is 5.85. The van der Waals surface area contributed by atoms with E-state index in [1.165, 1.54) is 0 Å². The predicted molar refractivity (Wildman–Crippen MR) is 110 cm³/mol. The molecule has 4 rings (SSSR count). The number of aromatic nitrogens is 4. The Kier molecular flexibility index (Phi) is 5.91. The van der Waals surface area contributed by atoms with Gasteiger partial charge in [0.1, 0.15) is 5.56 Å². The van der Waals surface area contributed by atoms with E-state index in [0.29, 0.717) is 45.0 Å². The smallest absolute Gasteiger partial charge is 0.339 e. The SMILES string of the molecule is Cc1cnc(N2CCN(C(=O)C3(CCCc4cc(C(F)(F)F)c(=O)[nH]n4)CC3)CC2)nc1. The van der Waals surface area contributed by atoms with Gasteiger partial charge in [0.2, 0.25) is 11.9 Å². The first-order chi connectivity index (χ1) is 15.2. The van der Waals surface area contributed by atoms with Gasteiger partial charge in [-0.3, -0.25) is 9.59 Å². The fraction of sp³-hybridized carbons (Fsp3) is 0.571. The van der Waals surface area contributed by atoms with Crippen LogP contribution in [-0.2, 0) is 17.4 Å². The number of carbonyl (C=O) groups excluding carboxylic acids is 1. The highest BCUT2D eigenvalue weighted by Crippen LogP contribution is 2.51. The number of piperazine rings is 1. The summed E-state index contributed by atoms with van der Waals surface area (Å²) in [5.41, 5.74) is -1.74. The minimum absolute atomic E-state index is 0.118. The standard InChI is InChI=1S/C21H25F3N6O2/c1-14-12-25-19(26-13-14)30-9-7-29(8-10-30)18(32)20(5-6-20)4-2-3-15-11-16(21(22,23)24)17(31)28-27-15/h11-13H,2-10H2,1H3,(H,28,31). The maximum absolute atomic E-state index is 13.1. The van der Waals surface area contributed by atoms with E-state index < -0.39 is 22.7 Å². The summed E-state index contributed by atoms with van der Waals surface area (Å²) in [4.78, 5) is 37.1. The second-order valence-corrected chi connectivity index (χ2v) is 8.57. The van der Waals surface area contributed by atoms with Crippen molar-refractivity contribution < 1.29 is 18.0 Å². The molecule has 1 saturated carbocycles. The van der Waals surface area contributed by atoms with Gasteiger partial charge in [-0.15, -0.1) is 0 Å². The van der Waals surface area contributed by atoms with E-state index >= 15 is 0 Å². The first-order valence-corrected chi connectivity index (χ1v) is 10.7. The summed E-state index contributed by atoms with van der Waals surface area (Å²) >= 11 is 0. The van der Waals surface area contributed by atoms with E-state index in [4.69, 9.17) is 0 Å². The number of carbonyl (C=O) groups is 1. The molecule has 8 nitrogen and oxygen atoms in total. The summed E-state index contributed by atoms with van der Waals surface area (Å²) in [5.74, 6) is 0.780. The summed E-state index contributed by atoms with van der Waals surface area (Å²) in [7, 11) is 0. The lowest BCUT2D eigenvalue weighted by atomic mass is 9.96. The van der Waals surface area contributed by atoms with E-state index in [1.54, 1.807) is 12.4 Å². The van der Waals surface area contributed by atoms with Crippen molar-refractivity contribution in [3.63, 3.8) is 0 Å². The summed E-state index contributed by atoms with van der Waals surface area (Å²) < 4.78 is 38.7. The molecule has 1 N–H and O–H groups in total. The van der Waals surface area contributed by atoms with Gasteiger partial charge in [-0.2, -0.15) is 18.3 Å². The van der Waals surface area contributed by atoms with E-state index in [1.807, 2.05) is 16.9 Å². The molecule has 1 amide bonds. The van der Waals surface area contributed by atoms with Crippen molar-refractivity contribution in [3.05, 3.63) is 45.6 Å². The first kappa shape index (κ1) is 22.2. The Morgan fingerprint density at radius 1 is 1.16 bits per heavy atom. The van der Waals surface area contributed by atoms with Crippen LogP contribution in [0.3, 0.4) is 0 Å². The van der Waals surface area contributed by atoms with Crippen LogP contribution in [0, 0.1) is 12.3 Å². The predicted octanol–water partition coefficient (Wildman–Crippen LogP) is 2.34. The second kappa shape index (κ2) is 8.51. The third kappa shape index (κ3) is 4.76. The lowest BCUT2D eigenvalue weighted by molar-refractivity contribution is -0.139. The van der Waals surface area contributed by atoms with Crippen LogP contribution in [0.2, 0.25) is 0 Å². The average molecular weight is 450 g/mol. The molecule has 2 aromatic rings. The second-order valence-electron chi connectivity index (χ2n) is 8.57. The number of hydrogen-bond donors (Lipinski definition) is 1. The molecule has 0 aromatic carbocycles. The molecule has 0 atom stereocenters. The van der Waals surface area contributed by atoms with Crippen LogP contribution in [0.15, 0.2) is 23.3 Å². The van der Waals surface area contributed by atoms with Gasteiger partial charge in [0, 0.05) is 44.0 Å². The Balaban J connectivity index is 1.30. The summed E-state index contributed by atoms with van der Waals surface area (Å²) in [5, 5.41) is 5.64. The van der Waals surface area contributed by atoms with Gasteiger partial charge >= 0.3 is 6.18 Å². The summed E-state index contributed by atoms with van der Waals surface area (Å²) in [6.45, 7) is 4.43. The Bertz CT molecular complexity index is 1030. The topological polar surface area (TPSA) is 95.1 Å². The molecule has 0 spiro atoms. The molecule has 172 valence electrons. The number of hydrogen-bond acceptors (Lipinski definition) is 6. The third-order valence-electron chi connectivity index (χ3n) is 6.17. The molecule has 32 heavy (non-hydrogen) atoms. The largest absolute Gasteiger partial charge is 0.421 e. The zero-order chi connectivity index (χ0) is 22.9. The Hall–Kier alpha value is -2.98. The van der Waals surface area contributed by atoms with Crippen molar-refractivity contribution in [1.29, 1.82) is 0 Å². The van der Waals surface area contributed by atoms with Crippen LogP contribution in [0.1, 0.15) is 42.5 Å². The number of rotatable bonds is 6. The van der Waals surface area contributed by atoms with Crippen LogP contribution in [0.25, 0.3) is 0 Å². The monoisotopic (exact) mass is 450 g/mol. The Morgan fingerprint density at radius 2 is 1.81 bits per heavy atom. The molecule has 2 aliphatic rings. The molecule has 2 fully saturated rings. The van der Waals surface area contributed by atoms with Crippen LogP contribution < -0.4 is 10.5 Å². The molecule has 1 saturated heterocycles. The molecule has 3 heterocycles. The number of amides is 1. The van der Waals surface area contributed by atoms with Gasteiger partial charge < -0.3 is 9.80 Å². The van der Waals surface area contributed by atoms with Crippen molar-refractivity contribution in [2.75, 3.05) is 31.1 Å². The third-order valence-corrected chi connectivity index (χ3v) is 6.17. The molecular weight excluding hydrogens is 425 g/mol. The number of aromatic amines is 1. The van der Waals surface area contributed by atoms with Crippen molar-refractivity contribution in [1.82, 2.24) is 25.1 Å². The van der Waals surface area contributed by atoms with Crippen LogP contribution >= 0.6 is 0 Å². The maximum atomic E-state index is 13.1. The minimum Gasteiger partial charge on any atom is -0.339 e. The fourth-order valence-electron chi connectivity index (χ4n) is 4.11. The van der Waals surface area contributed by atoms with Crippen LogP contribution in [0.5, 0.6) is 0 Å². The molecule has 2 aromatic heterocycles. The van der Waals surface area contributed by atoms with E-state index in [2.05, 4.69) is 20.0 Å². The van der Waals surface area contributed by atoms with Crippen molar-refractivity contribution in [3.8, 4) is 0 Å². The molecule has 11 heteroatoms. The molecule has 0 unspecified atom stereocenters. The van der Waals surface area contributed by atoms with Gasteiger partial charge in [0.15, 0.2) is 0 Å². The molecule has 1 aliphatic heterocycles. The zero-order valence-corrected chi connectivity index (χ0v) is 17.8. The van der Waals surface area contributed by atoms with Gasteiger partial charge in [-0.25, -0.2) is 15.1 Å². The minimum atomic E-state index is -4.72. The maximum Gasteiger partial charge on any atom is 0.421 e. The normalized spacial score (nSPS) is 18.0. The number of aryl methyl sites for hydroxylation is 2. The van der Waals surface area contributed by atoms with E-state index in [9.17, 15) is 22.8 Å². The van der Waals surface area contributed by atoms with Crippen LogP contribution in [-0.4, -0.2) is 57.2 Å². The Labute approximate surface area is 182 Å². The average Bonchev–Trinajstić information content (AvgIpc) is 3.55. The first-order valence-electron chi connectivity index (χ1n) is 10.7. The number of halogens is 3. The summed E-state index contributed by atoms with van der Waals surface area (Å²) in [6.07, 6.45) is 1.80. The van der Waals surface area contributed by atoms with Crippen molar-refractivity contribution >= 4 is 11.9 Å². The number of nitrogens with zero attached hydrogens (tertiary/aromatic N) is 5. The molecule has 0 radical (unpaired) electrons. The lowest BCUT2D eigenvalue weighted by Crippen LogP contribution is -2.51. The van der Waals surface area contributed by atoms with Gasteiger partial charge in [-0.1, -0.05) is 0 Å². The highest BCUT2D eigenvalue weighted by Gasteiger charge is 2.51. The quantitative estimate of drug-likeness (QED) is 0.726. The number of alkyl halides is 3. The fourth-order valence-corrected chi connectivity index (χ4v) is 4.11. The van der Waals surface area contributed by atoms with Crippen molar-refractivity contribution in [2.24, 2.45) is 5.41 Å².